The van der Waals surface area contributed by atoms with Crippen molar-refractivity contribution in [3.8, 4) is 22.8 Å². The molecular formula is C45H52N4O11S. The Bertz CT molecular complexity index is 2380. The van der Waals surface area contributed by atoms with Gasteiger partial charge >= 0.3 is 5.97 Å². The molecule has 1 N–H and O–H groups in total. The fourth-order valence-electron chi connectivity index (χ4n) is 8.22. The van der Waals surface area contributed by atoms with E-state index in [0.29, 0.717) is 40.9 Å². The minimum atomic E-state index is -3.92. The summed E-state index contributed by atoms with van der Waals surface area (Å²) in [5.74, 6) is -3.93. The Hall–Kier alpha value is -5.64. The first-order chi connectivity index (χ1) is 28.9. The molecule has 0 bridgehead atoms. The Labute approximate surface area is 355 Å². The highest BCUT2D eigenvalue weighted by molar-refractivity contribution is 7.90. The molecule has 1 unspecified atom stereocenters. The fraction of sp³-hybridized carbons (Fsp3) is 0.489. The monoisotopic (exact) mass is 856 g/mol. The third-order valence-electron chi connectivity index (χ3n) is 11.9. The average molecular weight is 857 g/mol. The van der Waals surface area contributed by atoms with Crippen molar-refractivity contribution in [1.82, 2.24) is 19.5 Å². The molecule has 3 heterocycles. The lowest BCUT2D eigenvalue weighted by Crippen LogP contribution is -2.48. The molecule has 2 aliphatic carbocycles. The zero-order valence-electron chi connectivity index (χ0n) is 34.9. The van der Waals surface area contributed by atoms with Gasteiger partial charge in [0.15, 0.2) is 5.78 Å². The van der Waals surface area contributed by atoms with Gasteiger partial charge in [-0.25, -0.2) is 13.4 Å². The number of imide groups is 1. The number of Topliss-reactive ketones (excluding diaryl/α,β-unsaturated/α-hetero) is 1. The summed E-state index contributed by atoms with van der Waals surface area (Å²) in [6.07, 6.45) is 1.00. The molecule has 2 saturated carbocycles. The minimum Gasteiger partial charge on any atom is -0.497 e. The van der Waals surface area contributed by atoms with Gasteiger partial charge in [-0.2, -0.15) is 0 Å². The lowest BCUT2D eigenvalue weighted by atomic mass is 9.90. The van der Waals surface area contributed by atoms with E-state index in [1.54, 1.807) is 46.1 Å². The van der Waals surface area contributed by atoms with Crippen LogP contribution in [0.2, 0.25) is 0 Å². The van der Waals surface area contributed by atoms with Crippen LogP contribution in [0.25, 0.3) is 22.2 Å². The first-order valence-electron chi connectivity index (χ1n) is 20.7. The summed E-state index contributed by atoms with van der Waals surface area (Å²) in [6.45, 7) is 9.07. The van der Waals surface area contributed by atoms with Gasteiger partial charge in [0.2, 0.25) is 33.7 Å². The number of benzene rings is 2. The molecule has 5 atom stereocenters. The number of amides is 4. The largest absolute Gasteiger partial charge is 0.497 e. The molecule has 2 aromatic carbocycles. The van der Waals surface area contributed by atoms with Crippen LogP contribution in [0, 0.1) is 17.3 Å². The SMILES string of the molecule is C=C[C@@H]1C[C@]1(CC(=O)[C@@H]1CC(Oc2cc(-c3ccccc3)nc3cc(OC)ccc23)CN1C(=O)[C@H](CCC(=O)N1CCC1=O)CC(=O)OC(C)(C)C)C(=O)NS(=O)(=O)C1CC1. The van der Waals surface area contributed by atoms with E-state index in [9.17, 15) is 37.2 Å². The quantitative estimate of drug-likeness (QED) is 0.110. The third-order valence-corrected chi connectivity index (χ3v) is 13.7. The number of β-lactam (4-membered cyclic amide) rings is 1. The predicted molar refractivity (Wildman–Crippen MR) is 223 cm³/mol. The van der Waals surface area contributed by atoms with Crippen LogP contribution in [0.3, 0.4) is 0 Å². The average Bonchev–Trinajstić information content (AvgIpc) is 4.14. The van der Waals surface area contributed by atoms with E-state index in [1.165, 1.54) is 11.0 Å². The van der Waals surface area contributed by atoms with E-state index in [1.807, 2.05) is 36.4 Å². The number of aromatic nitrogens is 1. The predicted octanol–water partition coefficient (Wildman–Crippen LogP) is 4.91. The van der Waals surface area contributed by atoms with Gasteiger partial charge in [-0.05, 0) is 64.5 Å². The van der Waals surface area contributed by atoms with Crippen LogP contribution in [-0.2, 0) is 43.5 Å². The molecule has 15 nitrogen and oxygen atoms in total. The highest BCUT2D eigenvalue weighted by Crippen LogP contribution is 2.57. The number of allylic oxidation sites excluding steroid dienone is 1. The van der Waals surface area contributed by atoms with Gasteiger partial charge in [0, 0.05) is 61.2 Å². The van der Waals surface area contributed by atoms with Crippen LogP contribution in [-0.4, -0.2) is 102 Å². The summed E-state index contributed by atoms with van der Waals surface area (Å²) in [5, 5.41) is -0.0129. The number of carbonyl (C=O) groups is 6. The highest BCUT2D eigenvalue weighted by Gasteiger charge is 2.61. The number of likely N-dealkylation sites (tertiary alicyclic amines) is 2. The molecule has 61 heavy (non-hydrogen) atoms. The van der Waals surface area contributed by atoms with Crippen molar-refractivity contribution in [3.63, 3.8) is 0 Å². The van der Waals surface area contributed by atoms with Crippen molar-refractivity contribution in [2.45, 2.75) is 102 Å². The lowest BCUT2D eigenvalue weighted by molar-refractivity contribution is -0.160. The number of pyridine rings is 1. The molecule has 4 fully saturated rings. The normalized spacial score (nSPS) is 22.8. The van der Waals surface area contributed by atoms with E-state index in [0.717, 1.165) is 10.5 Å². The van der Waals surface area contributed by atoms with Gasteiger partial charge in [0.25, 0.3) is 0 Å². The maximum Gasteiger partial charge on any atom is 0.307 e. The number of hydrogen-bond acceptors (Lipinski definition) is 12. The molecule has 16 heteroatoms. The van der Waals surface area contributed by atoms with E-state index >= 15 is 0 Å². The van der Waals surface area contributed by atoms with Gasteiger partial charge in [0.1, 0.15) is 23.2 Å². The second-order valence-electron chi connectivity index (χ2n) is 17.5. The van der Waals surface area contributed by atoms with Crippen molar-refractivity contribution in [3.05, 3.63) is 67.3 Å². The number of rotatable bonds is 17. The molecule has 0 radical (unpaired) electrons. The van der Waals surface area contributed by atoms with E-state index in [2.05, 4.69) is 11.3 Å². The highest BCUT2D eigenvalue weighted by atomic mass is 32.2. The van der Waals surface area contributed by atoms with Gasteiger partial charge in [0.05, 0.1) is 48.0 Å². The van der Waals surface area contributed by atoms with Crippen LogP contribution in [0.15, 0.2) is 67.3 Å². The molecule has 2 aliphatic heterocycles. The number of ether oxygens (including phenoxy) is 3. The smallest absolute Gasteiger partial charge is 0.307 e. The number of hydrogen-bond donors (Lipinski definition) is 1. The number of methoxy groups -OCH3 is 1. The number of carbonyl (C=O) groups excluding carboxylic acids is 6. The number of nitrogens with one attached hydrogen (secondary N) is 1. The summed E-state index contributed by atoms with van der Waals surface area (Å²) < 4.78 is 45.7. The molecule has 2 saturated heterocycles. The number of nitrogens with zero attached hydrogens (tertiary/aromatic N) is 3. The lowest BCUT2D eigenvalue weighted by Gasteiger charge is -2.31. The van der Waals surface area contributed by atoms with Gasteiger partial charge in [-0.15, -0.1) is 6.58 Å². The van der Waals surface area contributed by atoms with E-state index < -0.39 is 86.2 Å². The maximum absolute atomic E-state index is 14.8. The minimum absolute atomic E-state index is 0.00239. The molecular weight excluding hydrogens is 805 g/mol. The number of ketones is 1. The summed E-state index contributed by atoms with van der Waals surface area (Å²) in [6, 6.07) is 15.5. The van der Waals surface area contributed by atoms with Crippen molar-refractivity contribution < 1.29 is 51.4 Å². The van der Waals surface area contributed by atoms with E-state index in [4.69, 9.17) is 19.2 Å². The second kappa shape index (κ2) is 17.0. The standard InChI is InChI=1S/C45H52N4O11S/c1-6-29-24-45(29,43(55)47-61(56,57)32-14-15-32)25-37(50)36-22-31(59-38-23-34(27-10-8-7-9-11-27)46-35-21-30(58-5)13-16-33(35)38)26-49(36)42(54)28(20-41(53)60-44(2,3)4)12-17-39(51)48-19-18-40(48)52/h6-11,13,16,21,23,28-29,31-32,36H,1,12,14-15,17-20,22,24-26H2,2-5H3,(H,47,55)/t28-,29-,31?,36+,45-/m1/s1. The van der Waals surface area contributed by atoms with Gasteiger partial charge in [-0.1, -0.05) is 36.4 Å². The van der Waals surface area contributed by atoms with Crippen molar-refractivity contribution >= 4 is 56.3 Å². The maximum atomic E-state index is 14.8. The summed E-state index contributed by atoms with van der Waals surface area (Å²) in [4.78, 5) is 88.9. The van der Waals surface area contributed by atoms with Crippen LogP contribution >= 0.6 is 0 Å². The number of fused-ring (bicyclic) bond motifs is 1. The Kier molecular flexibility index (Phi) is 12.1. The van der Waals surface area contributed by atoms with Crippen LogP contribution in [0.5, 0.6) is 11.5 Å². The molecule has 3 aromatic rings. The second-order valence-corrected chi connectivity index (χ2v) is 19.4. The summed E-state index contributed by atoms with van der Waals surface area (Å²) in [5.41, 5.74) is -0.252. The molecule has 7 rings (SSSR count). The third kappa shape index (κ3) is 9.64. The van der Waals surface area contributed by atoms with Crippen molar-refractivity contribution in [2.24, 2.45) is 17.3 Å². The Morgan fingerprint density at radius 3 is 2.41 bits per heavy atom. The Morgan fingerprint density at radius 2 is 1.80 bits per heavy atom. The zero-order chi connectivity index (χ0) is 43.9. The molecule has 324 valence electrons. The Balaban J connectivity index is 1.21. The first-order valence-corrected chi connectivity index (χ1v) is 22.2. The van der Waals surface area contributed by atoms with Crippen LogP contribution < -0.4 is 14.2 Å². The summed E-state index contributed by atoms with van der Waals surface area (Å²) >= 11 is 0. The molecule has 1 aromatic heterocycles. The number of esters is 1. The zero-order valence-corrected chi connectivity index (χ0v) is 35.7. The van der Waals surface area contributed by atoms with E-state index in [-0.39, 0.29) is 57.5 Å². The van der Waals surface area contributed by atoms with Gasteiger partial charge < -0.3 is 19.1 Å². The van der Waals surface area contributed by atoms with Crippen molar-refractivity contribution in [1.29, 1.82) is 0 Å². The van der Waals surface area contributed by atoms with Gasteiger partial charge in [-0.3, -0.25) is 38.4 Å². The molecule has 0 spiro atoms. The molecule has 4 amide bonds. The van der Waals surface area contributed by atoms with Crippen LogP contribution in [0.1, 0.15) is 78.6 Å². The Morgan fingerprint density at radius 1 is 1.07 bits per heavy atom. The van der Waals surface area contributed by atoms with Crippen molar-refractivity contribution in [2.75, 3.05) is 20.2 Å². The first kappa shape index (κ1) is 43.4. The number of sulfonamides is 1. The summed E-state index contributed by atoms with van der Waals surface area (Å²) in [7, 11) is -2.37. The van der Waals surface area contributed by atoms with Crippen LogP contribution in [0.4, 0.5) is 0 Å². The topological polar surface area (TPSA) is 196 Å². The molecule has 4 aliphatic rings. The fourth-order valence-corrected chi connectivity index (χ4v) is 9.61.